The molecule has 3 rings (SSSR count). The zero-order valence-corrected chi connectivity index (χ0v) is 16.0. The van der Waals surface area contributed by atoms with Crippen molar-refractivity contribution in [3.05, 3.63) is 65.5 Å². The van der Waals surface area contributed by atoms with Crippen LogP contribution in [0.1, 0.15) is 17.5 Å². The quantitative estimate of drug-likeness (QED) is 0.751. The van der Waals surface area contributed by atoms with E-state index in [4.69, 9.17) is 0 Å². The van der Waals surface area contributed by atoms with E-state index >= 15 is 0 Å². The van der Waals surface area contributed by atoms with Gasteiger partial charge in [0.05, 0.1) is 5.69 Å². The minimum atomic E-state index is -0.0798. The summed E-state index contributed by atoms with van der Waals surface area (Å²) in [5.41, 5.74) is 3.19. The highest BCUT2D eigenvalue weighted by Gasteiger charge is 2.19. The molecule has 0 aliphatic carbocycles. The first-order valence-corrected chi connectivity index (χ1v) is 9.56. The molecule has 3 nitrogen and oxygen atoms in total. The number of anilines is 1. The summed E-state index contributed by atoms with van der Waals surface area (Å²) in [4.78, 5) is 6.79. The molecule has 0 amide bonds. The second kappa shape index (κ2) is 9.15. The van der Waals surface area contributed by atoms with Crippen molar-refractivity contribution < 1.29 is 4.39 Å². The van der Waals surface area contributed by atoms with Crippen LogP contribution in [0.5, 0.6) is 0 Å². The van der Waals surface area contributed by atoms with Crippen LogP contribution >= 0.6 is 0 Å². The van der Waals surface area contributed by atoms with Gasteiger partial charge in [0.15, 0.2) is 0 Å². The summed E-state index contributed by atoms with van der Waals surface area (Å²) in [6.45, 7) is 5.71. The molecule has 0 radical (unpaired) electrons. The monoisotopic (exact) mass is 355 g/mol. The fourth-order valence-electron chi connectivity index (χ4n) is 3.55. The van der Waals surface area contributed by atoms with E-state index in [0.29, 0.717) is 0 Å². The SMILES string of the molecule is CN(C)CCCc1ccc(N2CCN(Cc3ccccc3)CC2)c(F)c1. The molecule has 140 valence electrons. The Balaban J connectivity index is 1.52. The zero-order valence-electron chi connectivity index (χ0n) is 16.0. The fourth-order valence-corrected chi connectivity index (χ4v) is 3.55. The third-order valence-corrected chi connectivity index (χ3v) is 5.04. The largest absolute Gasteiger partial charge is 0.367 e. The van der Waals surface area contributed by atoms with E-state index in [9.17, 15) is 4.39 Å². The van der Waals surface area contributed by atoms with E-state index in [1.54, 1.807) is 6.07 Å². The highest BCUT2D eigenvalue weighted by Crippen LogP contribution is 2.23. The highest BCUT2D eigenvalue weighted by molar-refractivity contribution is 5.49. The Morgan fingerprint density at radius 3 is 2.31 bits per heavy atom. The molecule has 0 atom stereocenters. The van der Waals surface area contributed by atoms with Crippen molar-refractivity contribution >= 4 is 5.69 Å². The van der Waals surface area contributed by atoms with Gasteiger partial charge in [0.25, 0.3) is 0 Å². The predicted molar refractivity (Wildman–Crippen MR) is 107 cm³/mol. The summed E-state index contributed by atoms with van der Waals surface area (Å²) in [7, 11) is 4.14. The molecule has 1 aliphatic heterocycles. The topological polar surface area (TPSA) is 9.72 Å². The van der Waals surface area contributed by atoms with Crippen molar-refractivity contribution in [2.75, 3.05) is 51.7 Å². The van der Waals surface area contributed by atoms with Gasteiger partial charge in [0, 0.05) is 32.7 Å². The Labute approximate surface area is 157 Å². The van der Waals surface area contributed by atoms with Crippen LogP contribution in [0.15, 0.2) is 48.5 Å². The van der Waals surface area contributed by atoms with Crippen molar-refractivity contribution in [2.45, 2.75) is 19.4 Å². The fraction of sp³-hybridized carbons (Fsp3) is 0.455. The van der Waals surface area contributed by atoms with Gasteiger partial charge in [0.1, 0.15) is 5.82 Å². The average molecular weight is 356 g/mol. The van der Waals surface area contributed by atoms with Crippen molar-refractivity contribution in [2.24, 2.45) is 0 Å². The average Bonchev–Trinajstić information content (AvgIpc) is 2.63. The molecular formula is C22H30FN3. The van der Waals surface area contributed by atoms with Crippen LogP contribution < -0.4 is 4.90 Å². The van der Waals surface area contributed by atoms with Gasteiger partial charge in [-0.25, -0.2) is 4.39 Å². The Kier molecular flexibility index (Phi) is 6.64. The molecule has 2 aromatic rings. The molecule has 4 heteroatoms. The van der Waals surface area contributed by atoms with Crippen molar-refractivity contribution in [3.8, 4) is 0 Å². The first-order chi connectivity index (χ1) is 12.6. The molecule has 26 heavy (non-hydrogen) atoms. The maximum absolute atomic E-state index is 14.6. The van der Waals surface area contributed by atoms with Gasteiger partial charge in [-0.05, 0) is 56.7 Å². The lowest BCUT2D eigenvalue weighted by Crippen LogP contribution is -2.46. The maximum atomic E-state index is 14.6. The molecular weight excluding hydrogens is 325 g/mol. The summed E-state index contributed by atoms with van der Waals surface area (Å²) >= 11 is 0. The molecule has 1 saturated heterocycles. The summed E-state index contributed by atoms with van der Waals surface area (Å²) in [6.07, 6.45) is 1.99. The third kappa shape index (κ3) is 5.29. The number of nitrogens with zero attached hydrogens (tertiary/aromatic N) is 3. The Bertz CT molecular complexity index is 679. The Morgan fingerprint density at radius 2 is 1.65 bits per heavy atom. The molecule has 0 aromatic heterocycles. The number of benzene rings is 2. The van der Waals surface area contributed by atoms with Crippen molar-refractivity contribution in [3.63, 3.8) is 0 Å². The van der Waals surface area contributed by atoms with E-state index < -0.39 is 0 Å². The molecule has 2 aromatic carbocycles. The van der Waals surface area contributed by atoms with E-state index in [0.717, 1.165) is 63.4 Å². The second-order valence-corrected chi connectivity index (χ2v) is 7.44. The lowest BCUT2D eigenvalue weighted by molar-refractivity contribution is 0.249. The van der Waals surface area contributed by atoms with Gasteiger partial charge in [-0.15, -0.1) is 0 Å². The Hall–Kier alpha value is -1.91. The molecule has 1 heterocycles. The third-order valence-electron chi connectivity index (χ3n) is 5.04. The number of aryl methyl sites for hydroxylation is 1. The maximum Gasteiger partial charge on any atom is 0.146 e. The smallest absolute Gasteiger partial charge is 0.146 e. The van der Waals surface area contributed by atoms with Gasteiger partial charge >= 0.3 is 0 Å². The van der Waals surface area contributed by atoms with E-state index in [-0.39, 0.29) is 5.82 Å². The summed E-state index contributed by atoms with van der Waals surface area (Å²) < 4.78 is 14.6. The first-order valence-electron chi connectivity index (χ1n) is 9.56. The van der Waals surface area contributed by atoms with Crippen molar-refractivity contribution in [1.29, 1.82) is 0 Å². The molecule has 0 bridgehead atoms. The second-order valence-electron chi connectivity index (χ2n) is 7.44. The minimum absolute atomic E-state index is 0.0798. The van der Waals surface area contributed by atoms with Gasteiger partial charge in [-0.3, -0.25) is 4.90 Å². The summed E-state index contributed by atoms with van der Waals surface area (Å²) in [5.74, 6) is -0.0798. The highest BCUT2D eigenvalue weighted by atomic mass is 19.1. The molecule has 0 saturated carbocycles. The van der Waals surface area contributed by atoms with Crippen LogP contribution in [0, 0.1) is 5.82 Å². The van der Waals surface area contributed by atoms with Gasteiger partial charge in [0.2, 0.25) is 0 Å². The normalized spacial score (nSPS) is 15.6. The lowest BCUT2D eigenvalue weighted by atomic mass is 10.1. The standard InChI is InChI=1S/C22H30FN3/c1-24(2)12-6-9-19-10-11-22(21(23)17-19)26-15-13-25(14-16-26)18-20-7-4-3-5-8-20/h3-5,7-8,10-11,17H,6,9,12-16,18H2,1-2H3. The molecule has 0 unspecified atom stereocenters. The van der Waals surface area contributed by atoms with E-state index in [1.807, 2.05) is 12.1 Å². The van der Waals surface area contributed by atoms with Crippen LogP contribution in [-0.2, 0) is 13.0 Å². The molecule has 1 aliphatic rings. The van der Waals surface area contributed by atoms with E-state index in [2.05, 4.69) is 59.1 Å². The molecule has 0 N–H and O–H groups in total. The molecule has 0 spiro atoms. The van der Waals surface area contributed by atoms with Crippen LogP contribution in [0.4, 0.5) is 10.1 Å². The van der Waals surface area contributed by atoms with Crippen LogP contribution in [0.2, 0.25) is 0 Å². The predicted octanol–water partition coefficient (Wildman–Crippen LogP) is 3.64. The first kappa shape index (κ1) is 18.9. The Morgan fingerprint density at radius 1 is 0.923 bits per heavy atom. The van der Waals surface area contributed by atoms with E-state index in [1.165, 1.54) is 5.56 Å². The summed E-state index contributed by atoms with van der Waals surface area (Å²) in [5, 5.41) is 0. The number of hydrogen-bond acceptors (Lipinski definition) is 3. The molecule has 1 fully saturated rings. The minimum Gasteiger partial charge on any atom is -0.367 e. The number of hydrogen-bond donors (Lipinski definition) is 0. The number of halogens is 1. The van der Waals surface area contributed by atoms with Crippen LogP contribution in [0.25, 0.3) is 0 Å². The number of piperazine rings is 1. The van der Waals surface area contributed by atoms with Crippen LogP contribution in [-0.4, -0.2) is 56.6 Å². The summed E-state index contributed by atoms with van der Waals surface area (Å²) in [6, 6.07) is 16.3. The number of rotatable bonds is 7. The van der Waals surface area contributed by atoms with Crippen molar-refractivity contribution in [1.82, 2.24) is 9.80 Å². The van der Waals surface area contributed by atoms with Gasteiger partial charge in [-0.1, -0.05) is 36.4 Å². The van der Waals surface area contributed by atoms with Gasteiger partial charge in [-0.2, -0.15) is 0 Å². The van der Waals surface area contributed by atoms with Gasteiger partial charge < -0.3 is 9.80 Å². The van der Waals surface area contributed by atoms with Crippen LogP contribution in [0.3, 0.4) is 0 Å². The lowest BCUT2D eigenvalue weighted by Gasteiger charge is -2.36. The zero-order chi connectivity index (χ0) is 18.4.